The number of rotatable bonds is 1. The summed E-state index contributed by atoms with van der Waals surface area (Å²) in [6.07, 6.45) is 8.32. The number of hydrogen-bond donors (Lipinski definition) is 2. The summed E-state index contributed by atoms with van der Waals surface area (Å²) in [7, 11) is 0. The number of fused-ring (bicyclic) bond motifs is 1. The Morgan fingerprint density at radius 1 is 0.750 bits per heavy atom. The average Bonchev–Trinajstić information content (AvgIpc) is 2.64. The van der Waals surface area contributed by atoms with Crippen LogP contribution in [0.5, 0.6) is 5.75 Å². The number of phenolic OH excluding ortho intramolecular Hbond substituents is 1. The first-order valence-corrected chi connectivity index (χ1v) is 7.98. The Morgan fingerprint density at radius 2 is 1.46 bits per heavy atom. The van der Waals surface area contributed by atoms with Crippen LogP contribution in [-0.2, 0) is 5.60 Å². The second-order valence-electron chi connectivity index (χ2n) is 5.78. The summed E-state index contributed by atoms with van der Waals surface area (Å²) < 4.78 is 0. The molecular weight excluding hydrogens is 296 g/mol. The van der Waals surface area contributed by atoms with Crippen molar-refractivity contribution in [3.05, 3.63) is 103 Å². The summed E-state index contributed by atoms with van der Waals surface area (Å²) in [6, 6.07) is 23.0. The maximum atomic E-state index is 10.2. The molecule has 3 aromatic carbocycles. The van der Waals surface area contributed by atoms with Gasteiger partial charge in [-0.3, -0.25) is 0 Å². The van der Waals surface area contributed by atoms with E-state index in [0.717, 1.165) is 16.3 Å². The molecule has 2 nitrogen and oxygen atoms in total. The Kier molecular flexibility index (Phi) is 4.78. The van der Waals surface area contributed by atoms with E-state index in [4.69, 9.17) is 0 Å². The molecule has 0 spiro atoms. The van der Waals surface area contributed by atoms with Gasteiger partial charge in [0.2, 0.25) is 0 Å². The summed E-state index contributed by atoms with van der Waals surface area (Å²) in [4.78, 5) is 0. The van der Waals surface area contributed by atoms with Gasteiger partial charge in [-0.2, -0.15) is 0 Å². The van der Waals surface area contributed by atoms with Crippen molar-refractivity contribution in [3.8, 4) is 5.75 Å². The maximum Gasteiger partial charge on any atom is 0.123 e. The Labute approximate surface area is 142 Å². The highest BCUT2D eigenvalue weighted by Gasteiger charge is 2.24. The number of allylic oxidation sites excluding steroid dienone is 2. The van der Waals surface area contributed by atoms with E-state index in [0.29, 0.717) is 12.2 Å². The van der Waals surface area contributed by atoms with Gasteiger partial charge in [-0.25, -0.2) is 0 Å². The Hall–Kier alpha value is -2.84. The summed E-state index contributed by atoms with van der Waals surface area (Å²) >= 11 is 0. The van der Waals surface area contributed by atoms with Crippen LogP contribution in [0, 0.1) is 0 Å². The van der Waals surface area contributed by atoms with Crippen LogP contribution in [0.4, 0.5) is 0 Å². The van der Waals surface area contributed by atoms with Crippen LogP contribution in [0.2, 0.25) is 0 Å². The van der Waals surface area contributed by atoms with Gasteiger partial charge in [0.1, 0.15) is 11.4 Å². The number of aromatic hydroxyl groups is 1. The molecule has 1 aliphatic carbocycles. The van der Waals surface area contributed by atoms with Crippen LogP contribution < -0.4 is 0 Å². The maximum absolute atomic E-state index is 10.2. The average molecular weight is 316 g/mol. The zero-order chi connectivity index (χ0) is 16.8. The van der Waals surface area contributed by atoms with Crippen LogP contribution in [-0.4, -0.2) is 10.2 Å². The predicted molar refractivity (Wildman–Crippen MR) is 98.8 cm³/mol. The molecular formula is C22H20O2. The summed E-state index contributed by atoms with van der Waals surface area (Å²) in [6.45, 7) is 0. The number of phenols is 1. The van der Waals surface area contributed by atoms with Crippen LogP contribution in [0.25, 0.3) is 10.8 Å². The minimum atomic E-state index is -0.796. The normalized spacial score (nSPS) is 18.9. The molecule has 0 fully saturated rings. The number of hydrogen-bond acceptors (Lipinski definition) is 2. The van der Waals surface area contributed by atoms with Crippen molar-refractivity contribution in [2.24, 2.45) is 0 Å². The van der Waals surface area contributed by atoms with E-state index in [1.54, 1.807) is 6.07 Å². The molecule has 1 atom stereocenters. The van der Waals surface area contributed by atoms with E-state index < -0.39 is 5.60 Å². The zero-order valence-corrected chi connectivity index (χ0v) is 13.3. The lowest BCUT2D eigenvalue weighted by atomic mass is 9.88. The van der Waals surface area contributed by atoms with Gasteiger partial charge in [-0.05, 0) is 23.1 Å². The quantitative estimate of drug-likeness (QED) is 0.668. The third-order valence-corrected chi connectivity index (χ3v) is 4.09. The zero-order valence-electron chi connectivity index (χ0n) is 13.3. The topological polar surface area (TPSA) is 40.5 Å². The molecule has 0 saturated carbocycles. The minimum absolute atomic E-state index is 0.350. The fourth-order valence-electron chi connectivity index (χ4n) is 2.76. The van der Waals surface area contributed by atoms with Gasteiger partial charge >= 0.3 is 0 Å². The van der Waals surface area contributed by atoms with E-state index in [2.05, 4.69) is 0 Å². The lowest BCUT2D eigenvalue weighted by Crippen LogP contribution is -2.22. The molecule has 24 heavy (non-hydrogen) atoms. The van der Waals surface area contributed by atoms with Crippen LogP contribution in [0.3, 0.4) is 0 Å². The first-order valence-electron chi connectivity index (χ1n) is 7.98. The lowest BCUT2D eigenvalue weighted by molar-refractivity contribution is 0.0916. The smallest absolute Gasteiger partial charge is 0.123 e. The van der Waals surface area contributed by atoms with E-state index in [1.807, 2.05) is 91.0 Å². The van der Waals surface area contributed by atoms with Gasteiger partial charge in [-0.1, -0.05) is 85.0 Å². The molecule has 1 unspecified atom stereocenters. The monoisotopic (exact) mass is 316 g/mol. The van der Waals surface area contributed by atoms with E-state index >= 15 is 0 Å². The van der Waals surface area contributed by atoms with Crippen molar-refractivity contribution < 1.29 is 10.2 Å². The molecule has 0 radical (unpaired) electrons. The molecule has 0 heterocycles. The van der Waals surface area contributed by atoms with E-state index in [9.17, 15) is 10.2 Å². The van der Waals surface area contributed by atoms with Crippen LogP contribution >= 0.6 is 0 Å². The minimum Gasteiger partial charge on any atom is -0.507 e. The molecule has 0 bridgehead atoms. The molecule has 120 valence electrons. The van der Waals surface area contributed by atoms with Crippen molar-refractivity contribution >= 4 is 10.8 Å². The van der Waals surface area contributed by atoms with Crippen molar-refractivity contribution in [3.63, 3.8) is 0 Å². The molecule has 4 rings (SSSR count). The SMILES string of the molecule is OC1(c2ccccc2)C=CC=CC1.Oc1cccc2ccccc12. The Bertz CT molecular complexity index is 860. The molecule has 1 aliphatic rings. The first kappa shape index (κ1) is 16.0. The van der Waals surface area contributed by atoms with Crippen LogP contribution in [0.15, 0.2) is 97.1 Å². The second kappa shape index (κ2) is 7.16. The van der Waals surface area contributed by atoms with Crippen molar-refractivity contribution in [2.75, 3.05) is 0 Å². The highest BCUT2D eigenvalue weighted by atomic mass is 16.3. The van der Waals surface area contributed by atoms with Crippen molar-refractivity contribution in [2.45, 2.75) is 12.0 Å². The summed E-state index contributed by atoms with van der Waals surface area (Å²) in [5.74, 6) is 0.350. The second-order valence-corrected chi connectivity index (χ2v) is 5.78. The predicted octanol–water partition coefficient (Wildman–Crippen LogP) is 4.94. The first-order chi connectivity index (χ1) is 11.7. The third kappa shape index (κ3) is 3.55. The number of aliphatic hydroxyl groups is 1. The molecule has 0 saturated heterocycles. The molecule has 2 N–H and O–H groups in total. The molecule has 3 aromatic rings. The molecule has 2 heteroatoms. The van der Waals surface area contributed by atoms with Gasteiger partial charge in [0.05, 0.1) is 0 Å². The molecule has 0 amide bonds. The molecule has 0 aliphatic heterocycles. The van der Waals surface area contributed by atoms with Crippen LogP contribution in [0.1, 0.15) is 12.0 Å². The fraction of sp³-hybridized carbons (Fsp3) is 0.0909. The highest BCUT2D eigenvalue weighted by Crippen LogP contribution is 2.29. The van der Waals surface area contributed by atoms with Gasteiger partial charge in [0, 0.05) is 11.8 Å². The standard InChI is InChI=1S/C12H12O.C10H8O/c13-12(9-5-2-6-10-12)11-7-3-1-4-8-11;11-10-7-3-5-8-4-1-2-6-9(8)10/h1-9,13H,10H2;1-7,11H. The van der Waals surface area contributed by atoms with E-state index in [-0.39, 0.29) is 0 Å². The van der Waals surface area contributed by atoms with Gasteiger partial charge in [0.15, 0.2) is 0 Å². The summed E-state index contributed by atoms with van der Waals surface area (Å²) in [5.41, 5.74) is 0.159. The largest absolute Gasteiger partial charge is 0.507 e. The van der Waals surface area contributed by atoms with Gasteiger partial charge in [0.25, 0.3) is 0 Å². The lowest BCUT2D eigenvalue weighted by Gasteiger charge is -2.25. The van der Waals surface area contributed by atoms with E-state index in [1.165, 1.54) is 0 Å². The van der Waals surface area contributed by atoms with Crippen molar-refractivity contribution in [1.29, 1.82) is 0 Å². The summed E-state index contributed by atoms with van der Waals surface area (Å²) in [5, 5.41) is 21.6. The van der Waals surface area contributed by atoms with Gasteiger partial charge in [-0.15, -0.1) is 0 Å². The number of benzene rings is 3. The molecule has 0 aromatic heterocycles. The Balaban J connectivity index is 0.000000143. The Morgan fingerprint density at radius 3 is 2.17 bits per heavy atom. The van der Waals surface area contributed by atoms with Gasteiger partial charge < -0.3 is 10.2 Å². The van der Waals surface area contributed by atoms with Crippen molar-refractivity contribution in [1.82, 2.24) is 0 Å². The highest BCUT2D eigenvalue weighted by molar-refractivity contribution is 5.87. The third-order valence-electron chi connectivity index (χ3n) is 4.09. The fourth-order valence-corrected chi connectivity index (χ4v) is 2.76.